The molecule has 1 aliphatic rings. The lowest BCUT2D eigenvalue weighted by atomic mass is 10.0. The Bertz CT molecular complexity index is 1070. The first-order valence-electron chi connectivity index (χ1n) is 10.1. The number of nitrogens with zero attached hydrogens (tertiary/aromatic N) is 3. The van der Waals surface area contributed by atoms with Gasteiger partial charge < -0.3 is 15.3 Å². The van der Waals surface area contributed by atoms with Crippen LogP contribution in [0.15, 0.2) is 53.1 Å². The molecule has 0 unspecified atom stereocenters. The molecule has 0 radical (unpaired) electrons. The molecule has 0 aliphatic carbocycles. The van der Waals surface area contributed by atoms with Gasteiger partial charge in [-0.2, -0.15) is 5.10 Å². The highest BCUT2D eigenvalue weighted by Crippen LogP contribution is 2.37. The third-order valence-corrected chi connectivity index (χ3v) is 5.59. The SMILES string of the molecule is Cn1ncc(Br)c1-c1cc(NC(=O)ON2CCCc3ccccc32)ccc1OCCN. The minimum atomic E-state index is -0.553. The summed E-state index contributed by atoms with van der Waals surface area (Å²) >= 11 is 3.53. The topological polar surface area (TPSA) is 94.6 Å². The third kappa shape index (κ3) is 4.67. The second-order valence-electron chi connectivity index (χ2n) is 7.15. The number of carbonyl (C=O) groups excluding carboxylic acids is 1. The number of aromatic nitrogens is 2. The minimum absolute atomic E-state index is 0.381. The summed E-state index contributed by atoms with van der Waals surface area (Å²) in [5, 5.41) is 8.73. The number of nitrogens with one attached hydrogen (secondary N) is 1. The van der Waals surface area contributed by atoms with Gasteiger partial charge in [-0.15, -0.1) is 0 Å². The van der Waals surface area contributed by atoms with Gasteiger partial charge in [-0.1, -0.05) is 18.2 Å². The maximum atomic E-state index is 12.6. The summed E-state index contributed by atoms with van der Waals surface area (Å²) in [6, 6.07) is 13.4. The van der Waals surface area contributed by atoms with E-state index in [0.717, 1.165) is 34.3 Å². The van der Waals surface area contributed by atoms with E-state index in [0.29, 0.717) is 31.1 Å². The van der Waals surface area contributed by atoms with Crippen molar-refractivity contribution in [3.8, 4) is 17.0 Å². The fourth-order valence-electron chi connectivity index (χ4n) is 3.64. The number of hydrogen-bond donors (Lipinski definition) is 2. The van der Waals surface area contributed by atoms with E-state index in [4.69, 9.17) is 15.3 Å². The monoisotopic (exact) mass is 485 g/mol. The van der Waals surface area contributed by atoms with Crippen LogP contribution in [0, 0.1) is 0 Å². The number of hydrogen-bond acceptors (Lipinski definition) is 6. The van der Waals surface area contributed by atoms with Gasteiger partial charge in [0.25, 0.3) is 0 Å². The van der Waals surface area contributed by atoms with Crippen molar-refractivity contribution in [2.24, 2.45) is 12.8 Å². The van der Waals surface area contributed by atoms with Crippen molar-refractivity contribution in [1.29, 1.82) is 0 Å². The average molecular weight is 486 g/mol. The molecule has 162 valence electrons. The largest absolute Gasteiger partial charge is 0.492 e. The van der Waals surface area contributed by atoms with Crippen molar-refractivity contribution < 1.29 is 14.4 Å². The number of ether oxygens (including phenoxy) is 1. The molecule has 0 saturated heterocycles. The minimum Gasteiger partial charge on any atom is -0.492 e. The molecule has 2 heterocycles. The molecule has 1 amide bonds. The summed E-state index contributed by atoms with van der Waals surface area (Å²) in [6.07, 6.45) is 3.06. The molecular formula is C22H24BrN5O3. The van der Waals surface area contributed by atoms with Crippen LogP contribution in [0.4, 0.5) is 16.2 Å². The Balaban J connectivity index is 1.55. The van der Waals surface area contributed by atoms with Crippen LogP contribution < -0.4 is 20.9 Å². The van der Waals surface area contributed by atoms with Crippen LogP contribution in [-0.4, -0.2) is 35.6 Å². The van der Waals surface area contributed by atoms with E-state index < -0.39 is 6.09 Å². The number of fused-ring (bicyclic) bond motifs is 1. The van der Waals surface area contributed by atoms with E-state index in [1.165, 1.54) is 5.56 Å². The van der Waals surface area contributed by atoms with Gasteiger partial charge in [-0.25, -0.2) is 9.86 Å². The van der Waals surface area contributed by atoms with Crippen LogP contribution in [0.2, 0.25) is 0 Å². The molecule has 0 spiro atoms. The molecule has 0 bridgehead atoms. The van der Waals surface area contributed by atoms with Crippen LogP contribution in [0.3, 0.4) is 0 Å². The Morgan fingerprint density at radius 1 is 1.29 bits per heavy atom. The third-order valence-electron chi connectivity index (χ3n) is 5.01. The summed E-state index contributed by atoms with van der Waals surface area (Å²) < 4.78 is 8.36. The predicted octanol–water partition coefficient (Wildman–Crippen LogP) is 4.10. The molecular weight excluding hydrogens is 462 g/mol. The van der Waals surface area contributed by atoms with Gasteiger partial charge in [0.05, 0.1) is 28.6 Å². The molecule has 8 nitrogen and oxygen atoms in total. The summed E-state index contributed by atoms with van der Waals surface area (Å²) in [6.45, 7) is 1.44. The number of halogens is 1. The molecule has 31 heavy (non-hydrogen) atoms. The summed E-state index contributed by atoms with van der Waals surface area (Å²) in [5.74, 6) is 0.652. The second-order valence-corrected chi connectivity index (χ2v) is 8.01. The summed E-state index contributed by atoms with van der Waals surface area (Å²) in [7, 11) is 1.84. The number of para-hydroxylation sites is 1. The molecule has 3 aromatic rings. The maximum Gasteiger partial charge on any atom is 0.436 e. The average Bonchev–Trinajstić information content (AvgIpc) is 3.11. The maximum absolute atomic E-state index is 12.6. The fraction of sp³-hybridized carbons (Fsp3) is 0.273. The van der Waals surface area contributed by atoms with E-state index in [9.17, 15) is 4.79 Å². The van der Waals surface area contributed by atoms with Crippen LogP contribution in [-0.2, 0) is 18.3 Å². The van der Waals surface area contributed by atoms with Crippen molar-refractivity contribution in [1.82, 2.24) is 9.78 Å². The molecule has 3 N–H and O–H groups in total. The standard InChI is InChI=1S/C22H24BrN5O3/c1-27-21(18(23)14-25-27)17-13-16(8-9-20(17)30-12-10-24)26-22(29)31-28-11-4-6-15-5-2-3-7-19(15)28/h2-3,5,7-9,13-14H,4,6,10-12,24H2,1H3,(H,26,29). The van der Waals surface area contributed by atoms with Crippen molar-refractivity contribution in [3.05, 3.63) is 58.7 Å². The molecule has 1 aromatic heterocycles. The van der Waals surface area contributed by atoms with Crippen LogP contribution in [0.25, 0.3) is 11.3 Å². The lowest BCUT2D eigenvalue weighted by Gasteiger charge is -2.29. The highest BCUT2D eigenvalue weighted by molar-refractivity contribution is 9.10. The zero-order valence-electron chi connectivity index (χ0n) is 17.2. The fourth-order valence-corrected chi connectivity index (χ4v) is 4.20. The van der Waals surface area contributed by atoms with Crippen LogP contribution >= 0.6 is 15.9 Å². The van der Waals surface area contributed by atoms with Crippen LogP contribution in [0.5, 0.6) is 5.75 Å². The highest BCUT2D eigenvalue weighted by Gasteiger charge is 2.21. The Kier molecular flexibility index (Phi) is 6.43. The quantitative estimate of drug-likeness (QED) is 0.545. The number of hydroxylamine groups is 1. The second kappa shape index (κ2) is 9.40. The van der Waals surface area contributed by atoms with Gasteiger partial charge in [-0.3, -0.25) is 10.00 Å². The van der Waals surface area contributed by atoms with Gasteiger partial charge in [0, 0.05) is 24.8 Å². The van der Waals surface area contributed by atoms with Crippen molar-refractivity contribution in [2.75, 3.05) is 30.1 Å². The lowest BCUT2D eigenvalue weighted by molar-refractivity contribution is 0.145. The van der Waals surface area contributed by atoms with Gasteiger partial charge >= 0.3 is 6.09 Å². The molecule has 2 aromatic carbocycles. The smallest absolute Gasteiger partial charge is 0.436 e. The number of nitrogens with two attached hydrogens (primary N) is 1. The van der Waals surface area contributed by atoms with E-state index >= 15 is 0 Å². The number of aryl methyl sites for hydroxylation is 2. The molecule has 9 heteroatoms. The number of amides is 1. The van der Waals surface area contributed by atoms with E-state index in [1.807, 2.05) is 31.3 Å². The number of anilines is 2. The Hall–Kier alpha value is -3.04. The van der Waals surface area contributed by atoms with Crippen molar-refractivity contribution in [3.63, 3.8) is 0 Å². The molecule has 4 rings (SSSR count). The van der Waals surface area contributed by atoms with Crippen molar-refractivity contribution in [2.45, 2.75) is 12.8 Å². The highest BCUT2D eigenvalue weighted by atomic mass is 79.9. The Labute approximate surface area is 189 Å². The zero-order valence-corrected chi connectivity index (χ0v) is 18.8. The Morgan fingerprint density at radius 2 is 2.13 bits per heavy atom. The van der Waals surface area contributed by atoms with Crippen molar-refractivity contribution >= 4 is 33.4 Å². The Morgan fingerprint density at radius 3 is 2.90 bits per heavy atom. The molecule has 0 atom stereocenters. The van der Waals surface area contributed by atoms with Gasteiger partial charge in [0.2, 0.25) is 0 Å². The van der Waals surface area contributed by atoms with Gasteiger partial charge in [0.1, 0.15) is 12.4 Å². The van der Waals surface area contributed by atoms with Gasteiger partial charge in [-0.05, 0) is 58.6 Å². The van der Waals surface area contributed by atoms with Crippen LogP contribution in [0.1, 0.15) is 12.0 Å². The first-order chi connectivity index (χ1) is 15.1. The number of carbonyl (C=O) groups is 1. The van der Waals surface area contributed by atoms with E-state index in [-0.39, 0.29) is 0 Å². The number of rotatable bonds is 6. The van der Waals surface area contributed by atoms with E-state index in [1.54, 1.807) is 28.1 Å². The number of benzene rings is 2. The van der Waals surface area contributed by atoms with Gasteiger partial charge in [0.15, 0.2) is 0 Å². The first kappa shape index (κ1) is 21.2. The van der Waals surface area contributed by atoms with E-state index in [2.05, 4.69) is 32.4 Å². The normalized spacial score (nSPS) is 12.9. The lowest BCUT2D eigenvalue weighted by Crippen LogP contribution is -2.33. The first-order valence-corrected chi connectivity index (χ1v) is 10.9. The predicted molar refractivity (Wildman–Crippen MR) is 123 cm³/mol. The summed E-state index contributed by atoms with van der Waals surface area (Å²) in [5.41, 5.74) is 9.88. The zero-order chi connectivity index (χ0) is 21.8. The summed E-state index contributed by atoms with van der Waals surface area (Å²) in [4.78, 5) is 18.2. The molecule has 0 fully saturated rings. The molecule has 1 aliphatic heterocycles. The molecule has 0 saturated carbocycles.